The molecular formula is C9H16N4S. The molecule has 0 aliphatic carbocycles. The number of nitrogens with one attached hydrogen (secondary N) is 1. The highest BCUT2D eigenvalue weighted by atomic mass is 32.2. The molecule has 0 aliphatic rings. The zero-order valence-corrected chi connectivity index (χ0v) is 9.34. The van der Waals surface area contributed by atoms with Gasteiger partial charge in [0, 0.05) is 11.8 Å². The molecule has 1 atom stereocenters. The van der Waals surface area contributed by atoms with Crippen molar-refractivity contribution in [3.63, 3.8) is 0 Å². The van der Waals surface area contributed by atoms with Crippen LogP contribution in [0, 0.1) is 0 Å². The second-order valence-electron chi connectivity index (χ2n) is 3.03. The van der Waals surface area contributed by atoms with Gasteiger partial charge in [0.1, 0.15) is 6.33 Å². The van der Waals surface area contributed by atoms with Crippen LogP contribution in [0.2, 0.25) is 0 Å². The lowest BCUT2D eigenvalue weighted by Gasteiger charge is -2.14. The molecule has 0 saturated carbocycles. The third-order valence-electron chi connectivity index (χ3n) is 1.70. The average molecular weight is 212 g/mol. The SMILES string of the molecule is CCSCC(C)Nc1ncncc1N. The van der Waals surface area contributed by atoms with E-state index in [-0.39, 0.29) is 0 Å². The standard InChI is InChI=1S/C9H16N4S/c1-3-14-5-7(2)13-9-8(10)4-11-6-12-9/h4,6-7H,3,5,10H2,1-2H3,(H,11,12,13). The first kappa shape index (κ1) is 11.1. The lowest BCUT2D eigenvalue weighted by Crippen LogP contribution is -2.19. The number of rotatable bonds is 5. The lowest BCUT2D eigenvalue weighted by atomic mass is 10.3. The van der Waals surface area contributed by atoms with E-state index in [1.165, 1.54) is 6.33 Å². The van der Waals surface area contributed by atoms with Crippen LogP contribution in [0.15, 0.2) is 12.5 Å². The minimum Gasteiger partial charge on any atom is -0.394 e. The summed E-state index contributed by atoms with van der Waals surface area (Å²) in [5, 5.41) is 3.25. The van der Waals surface area contributed by atoms with Gasteiger partial charge in [0.05, 0.1) is 11.9 Å². The van der Waals surface area contributed by atoms with Crippen LogP contribution in [-0.2, 0) is 0 Å². The minimum absolute atomic E-state index is 0.372. The van der Waals surface area contributed by atoms with Crippen molar-refractivity contribution in [3.8, 4) is 0 Å². The Hall–Kier alpha value is -0.970. The molecule has 78 valence electrons. The van der Waals surface area contributed by atoms with Gasteiger partial charge in [-0.1, -0.05) is 6.92 Å². The van der Waals surface area contributed by atoms with Crippen molar-refractivity contribution in [2.24, 2.45) is 0 Å². The van der Waals surface area contributed by atoms with Gasteiger partial charge < -0.3 is 11.1 Å². The summed E-state index contributed by atoms with van der Waals surface area (Å²) in [7, 11) is 0. The molecule has 0 spiro atoms. The summed E-state index contributed by atoms with van der Waals surface area (Å²) in [4.78, 5) is 7.90. The van der Waals surface area contributed by atoms with E-state index in [0.717, 1.165) is 17.3 Å². The van der Waals surface area contributed by atoms with Gasteiger partial charge in [0.15, 0.2) is 5.82 Å². The van der Waals surface area contributed by atoms with Crippen molar-refractivity contribution >= 4 is 23.3 Å². The van der Waals surface area contributed by atoms with Crippen LogP contribution in [0.5, 0.6) is 0 Å². The number of hydrogen-bond donors (Lipinski definition) is 2. The maximum Gasteiger partial charge on any atom is 0.152 e. The average Bonchev–Trinajstić information content (AvgIpc) is 2.18. The first-order chi connectivity index (χ1) is 6.74. The molecule has 5 heteroatoms. The fraction of sp³-hybridized carbons (Fsp3) is 0.556. The topological polar surface area (TPSA) is 63.8 Å². The monoisotopic (exact) mass is 212 g/mol. The third-order valence-corrected chi connectivity index (χ3v) is 2.84. The molecule has 1 unspecified atom stereocenters. The fourth-order valence-electron chi connectivity index (χ4n) is 1.03. The normalized spacial score (nSPS) is 12.4. The fourth-order valence-corrected chi connectivity index (χ4v) is 1.70. The first-order valence-electron chi connectivity index (χ1n) is 4.63. The van der Waals surface area contributed by atoms with Gasteiger partial charge in [-0.3, -0.25) is 0 Å². The van der Waals surface area contributed by atoms with E-state index in [2.05, 4.69) is 29.1 Å². The molecule has 1 aromatic rings. The molecule has 4 nitrogen and oxygen atoms in total. The number of nitrogen functional groups attached to an aromatic ring is 1. The van der Waals surface area contributed by atoms with Gasteiger partial charge in [-0.05, 0) is 12.7 Å². The molecule has 0 aromatic carbocycles. The summed E-state index contributed by atoms with van der Waals surface area (Å²) in [5.74, 6) is 2.91. The highest BCUT2D eigenvalue weighted by Gasteiger charge is 2.04. The van der Waals surface area contributed by atoms with E-state index in [1.54, 1.807) is 6.20 Å². The summed E-state index contributed by atoms with van der Waals surface area (Å²) >= 11 is 1.89. The van der Waals surface area contributed by atoms with Crippen LogP contribution in [0.25, 0.3) is 0 Å². The Morgan fingerprint density at radius 1 is 1.64 bits per heavy atom. The highest BCUT2D eigenvalue weighted by molar-refractivity contribution is 7.99. The van der Waals surface area contributed by atoms with Gasteiger partial charge in [-0.2, -0.15) is 11.8 Å². The van der Waals surface area contributed by atoms with Gasteiger partial charge in [-0.15, -0.1) is 0 Å². The first-order valence-corrected chi connectivity index (χ1v) is 5.79. The molecule has 0 amide bonds. The van der Waals surface area contributed by atoms with Crippen LogP contribution < -0.4 is 11.1 Å². The van der Waals surface area contributed by atoms with Crippen molar-refractivity contribution in [2.75, 3.05) is 22.6 Å². The molecule has 1 aromatic heterocycles. The molecule has 0 saturated heterocycles. The van der Waals surface area contributed by atoms with Crippen molar-refractivity contribution in [1.29, 1.82) is 0 Å². The van der Waals surface area contributed by atoms with E-state index >= 15 is 0 Å². The summed E-state index contributed by atoms with van der Waals surface area (Å²) in [6, 6.07) is 0.372. The molecule has 0 bridgehead atoms. The van der Waals surface area contributed by atoms with Crippen LogP contribution in [0.3, 0.4) is 0 Å². The Morgan fingerprint density at radius 3 is 3.07 bits per heavy atom. The summed E-state index contributed by atoms with van der Waals surface area (Å²) in [6.07, 6.45) is 3.10. The van der Waals surface area contributed by atoms with Crippen molar-refractivity contribution in [3.05, 3.63) is 12.5 Å². The number of hydrogen-bond acceptors (Lipinski definition) is 5. The van der Waals surface area contributed by atoms with E-state index in [9.17, 15) is 0 Å². The minimum atomic E-state index is 0.372. The van der Waals surface area contributed by atoms with E-state index in [0.29, 0.717) is 11.7 Å². The quantitative estimate of drug-likeness (QED) is 0.776. The zero-order valence-electron chi connectivity index (χ0n) is 8.53. The van der Waals surface area contributed by atoms with Crippen LogP contribution in [0.1, 0.15) is 13.8 Å². The van der Waals surface area contributed by atoms with Gasteiger partial charge in [0.2, 0.25) is 0 Å². The van der Waals surface area contributed by atoms with E-state index < -0.39 is 0 Å². The zero-order chi connectivity index (χ0) is 10.4. The second kappa shape index (κ2) is 5.70. The molecular weight excluding hydrogens is 196 g/mol. The third kappa shape index (κ3) is 3.41. The van der Waals surface area contributed by atoms with Crippen molar-refractivity contribution in [2.45, 2.75) is 19.9 Å². The lowest BCUT2D eigenvalue weighted by molar-refractivity contribution is 0.900. The Balaban J connectivity index is 2.47. The number of nitrogens with two attached hydrogens (primary N) is 1. The Kier molecular flexibility index (Phi) is 4.52. The molecule has 3 N–H and O–H groups in total. The summed E-state index contributed by atoms with van der Waals surface area (Å²) in [5.41, 5.74) is 6.30. The number of thioether (sulfide) groups is 1. The molecule has 0 radical (unpaired) electrons. The number of nitrogens with zero attached hydrogens (tertiary/aromatic N) is 2. The highest BCUT2D eigenvalue weighted by Crippen LogP contribution is 2.14. The molecule has 14 heavy (non-hydrogen) atoms. The predicted octanol–water partition coefficient (Wildman–Crippen LogP) is 1.61. The molecule has 0 aliphatic heterocycles. The maximum absolute atomic E-state index is 5.70. The van der Waals surface area contributed by atoms with Gasteiger partial charge >= 0.3 is 0 Å². The molecule has 1 heterocycles. The van der Waals surface area contributed by atoms with E-state index in [1.807, 2.05) is 11.8 Å². The Morgan fingerprint density at radius 2 is 2.43 bits per heavy atom. The van der Waals surface area contributed by atoms with Crippen LogP contribution in [-0.4, -0.2) is 27.5 Å². The van der Waals surface area contributed by atoms with Crippen molar-refractivity contribution in [1.82, 2.24) is 9.97 Å². The summed E-state index contributed by atoms with van der Waals surface area (Å²) < 4.78 is 0. The summed E-state index contributed by atoms with van der Waals surface area (Å²) in [6.45, 7) is 4.26. The Bertz CT molecular complexity index is 279. The van der Waals surface area contributed by atoms with Crippen molar-refractivity contribution < 1.29 is 0 Å². The predicted molar refractivity (Wildman–Crippen MR) is 62.5 cm³/mol. The van der Waals surface area contributed by atoms with E-state index in [4.69, 9.17) is 5.73 Å². The van der Waals surface area contributed by atoms with Gasteiger partial charge in [-0.25, -0.2) is 9.97 Å². The largest absolute Gasteiger partial charge is 0.394 e. The smallest absolute Gasteiger partial charge is 0.152 e. The van der Waals surface area contributed by atoms with Crippen LogP contribution >= 0.6 is 11.8 Å². The van der Waals surface area contributed by atoms with Gasteiger partial charge in [0.25, 0.3) is 0 Å². The number of aromatic nitrogens is 2. The second-order valence-corrected chi connectivity index (χ2v) is 4.35. The molecule has 0 fully saturated rings. The Labute approximate surface area is 88.7 Å². The van der Waals surface area contributed by atoms with Crippen LogP contribution in [0.4, 0.5) is 11.5 Å². The maximum atomic E-state index is 5.70. The number of anilines is 2. The molecule has 1 rings (SSSR count).